The van der Waals surface area contributed by atoms with Gasteiger partial charge in [0.2, 0.25) is 0 Å². The van der Waals surface area contributed by atoms with Crippen LogP contribution in [0.1, 0.15) is 38.7 Å². The molecule has 1 heterocycles. The van der Waals surface area contributed by atoms with E-state index in [0.717, 1.165) is 31.4 Å². The van der Waals surface area contributed by atoms with Crippen LogP contribution in [-0.2, 0) is 6.18 Å². The van der Waals surface area contributed by atoms with Gasteiger partial charge in [-0.25, -0.2) is 4.98 Å². The van der Waals surface area contributed by atoms with Crippen molar-refractivity contribution in [2.45, 2.75) is 45.3 Å². The Kier molecular flexibility index (Phi) is 4.11. The van der Waals surface area contributed by atoms with Gasteiger partial charge < -0.3 is 11.1 Å². The van der Waals surface area contributed by atoms with Gasteiger partial charge in [-0.15, -0.1) is 0 Å². The molecule has 0 radical (unpaired) electrons. The van der Waals surface area contributed by atoms with E-state index in [2.05, 4.69) is 24.1 Å². The molecule has 1 aromatic rings. The topological polar surface area (TPSA) is 50.9 Å². The lowest BCUT2D eigenvalue weighted by Crippen LogP contribution is -2.25. The number of rotatable bonds is 3. The number of halogens is 3. The number of hydrogen-bond acceptors (Lipinski definition) is 3. The number of hydrogen-bond donors (Lipinski definition) is 2. The summed E-state index contributed by atoms with van der Waals surface area (Å²) in [6, 6.07) is 2.05. The molecule has 112 valence electrons. The minimum Gasteiger partial charge on any atom is -0.384 e. The van der Waals surface area contributed by atoms with Crippen molar-refractivity contribution in [2.75, 3.05) is 11.1 Å². The average Bonchev–Trinajstić information content (AvgIpc) is 2.69. The maximum absolute atomic E-state index is 12.7. The van der Waals surface area contributed by atoms with Crippen LogP contribution in [-0.4, -0.2) is 11.0 Å². The van der Waals surface area contributed by atoms with Crippen molar-refractivity contribution in [2.24, 2.45) is 11.8 Å². The molecule has 20 heavy (non-hydrogen) atoms. The van der Waals surface area contributed by atoms with Gasteiger partial charge >= 0.3 is 6.18 Å². The first-order chi connectivity index (χ1) is 9.31. The first-order valence-corrected chi connectivity index (χ1v) is 6.92. The maximum atomic E-state index is 12.7. The van der Waals surface area contributed by atoms with Gasteiger partial charge in [-0.3, -0.25) is 0 Å². The summed E-state index contributed by atoms with van der Waals surface area (Å²) in [6.45, 7) is 4.28. The van der Waals surface area contributed by atoms with Gasteiger partial charge in [0.15, 0.2) is 0 Å². The maximum Gasteiger partial charge on any atom is 0.416 e. The Balaban J connectivity index is 2.16. The van der Waals surface area contributed by atoms with Crippen molar-refractivity contribution in [3.8, 4) is 0 Å². The second-order valence-corrected chi connectivity index (χ2v) is 5.52. The van der Waals surface area contributed by atoms with Gasteiger partial charge in [0.1, 0.15) is 11.6 Å². The van der Waals surface area contributed by atoms with E-state index in [-0.39, 0.29) is 17.7 Å². The van der Waals surface area contributed by atoms with Crippen LogP contribution < -0.4 is 11.1 Å². The average molecular weight is 287 g/mol. The Morgan fingerprint density at radius 2 is 2.05 bits per heavy atom. The lowest BCUT2D eigenvalue weighted by molar-refractivity contribution is -0.137. The predicted octanol–water partition coefficient (Wildman–Crippen LogP) is 3.92. The van der Waals surface area contributed by atoms with Crippen LogP contribution in [0.3, 0.4) is 0 Å². The second kappa shape index (κ2) is 5.50. The summed E-state index contributed by atoms with van der Waals surface area (Å²) in [7, 11) is 0. The molecule has 3 unspecified atom stereocenters. The van der Waals surface area contributed by atoms with Gasteiger partial charge in [0.05, 0.1) is 5.56 Å². The molecule has 1 fully saturated rings. The van der Waals surface area contributed by atoms with Gasteiger partial charge in [0.25, 0.3) is 0 Å². The number of anilines is 2. The standard InChI is InChI=1S/C14H20F3N3/c1-3-9-4-5-11(8(9)2)19-13-7-10(14(15,16)17)6-12(18)20-13/h6-9,11H,3-5H2,1-2H3,(H3,18,19,20). The highest BCUT2D eigenvalue weighted by Gasteiger charge is 2.34. The number of nitrogen functional groups attached to an aromatic ring is 1. The third kappa shape index (κ3) is 3.16. The van der Waals surface area contributed by atoms with Crippen molar-refractivity contribution in [1.82, 2.24) is 4.98 Å². The van der Waals surface area contributed by atoms with Gasteiger partial charge in [-0.2, -0.15) is 13.2 Å². The molecule has 1 saturated carbocycles. The van der Waals surface area contributed by atoms with Crippen molar-refractivity contribution in [3.05, 3.63) is 17.7 Å². The number of nitrogens with one attached hydrogen (secondary N) is 1. The lowest BCUT2D eigenvalue weighted by atomic mass is 9.93. The van der Waals surface area contributed by atoms with Crippen LogP contribution in [0.15, 0.2) is 12.1 Å². The molecule has 0 amide bonds. The molecule has 1 aromatic heterocycles. The van der Waals surface area contributed by atoms with Gasteiger partial charge in [-0.05, 0) is 36.8 Å². The highest BCUT2D eigenvalue weighted by molar-refractivity contribution is 5.48. The first-order valence-electron chi connectivity index (χ1n) is 6.92. The van der Waals surface area contributed by atoms with Crippen molar-refractivity contribution >= 4 is 11.6 Å². The molecule has 0 aliphatic heterocycles. The largest absolute Gasteiger partial charge is 0.416 e. The zero-order valence-electron chi connectivity index (χ0n) is 11.7. The Morgan fingerprint density at radius 3 is 2.60 bits per heavy atom. The van der Waals surface area contributed by atoms with Crippen LogP contribution >= 0.6 is 0 Å². The van der Waals surface area contributed by atoms with E-state index >= 15 is 0 Å². The molecule has 3 atom stereocenters. The molecule has 0 spiro atoms. The smallest absolute Gasteiger partial charge is 0.384 e. The fourth-order valence-corrected chi connectivity index (χ4v) is 3.01. The van der Waals surface area contributed by atoms with Crippen molar-refractivity contribution < 1.29 is 13.2 Å². The number of nitrogens with two attached hydrogens (primary N) is 1. The molecule has 2 rings (SSSR count). The molecule has 0 saturated heterocycles. The summed E-state index contributed by atoms with van der Waals surface area (Å²) in [5.74, 6) is 1.15. The van der Waals surface area contributed by atoms with Crippen LogP contribution in [0.5, 0.6) is 0 Å². The van der Waals surface area contributed by atoms with Crippen LogP contribution in [0.2, 0.25) is 0 Å². The van der Waals surface area contributed by atoms with E-state index in [1.54, 1.807) is 0 Å². The van der Waals surface area contributed by atoms with Crippen LogP contribution in [0, 0.1) is 11.8 Å². The third-order valence-electron chi connectivity index (χ3n) is 4.26. The number of nitrogens with zero attached hydrogens (tertiary/aromatic N) is 1. The molecule has 0 aromatic carbocycles. The molecule has 1 aliphatic rings. The Bertz CT molecular complexity index is 473. The lowest BCUT2D eigenvalue weighted by Gasteiger charge is -2.22. The fraction of sp³-hybridized carbons (Fsp3) is 0.643. The van der Waals surface area contributed by atoms with E-state index in [1.165, 1.54) is 0 Å². The summed E-state index contributed by atoms with van der Waals surface area (Å²) in [5.41, 5.74) is 4.71. The van der Waals surface area contributed by atoms with E-state index < -0.39 is 11.7 Å². The molecule has 1 aliphatic carbocycles. The van der Waals surface area contributed by atoms with Crippen LogP contribution in [0.25, 0.3) is 0 Å². The van der Waals surface area contributed by atoms with E-state index in [4.69, 9.17) is 5.73 Å². The summed E-state index contributed by atoms with van der Waals surface area (Å²) in [6.07, 6.45) is -1.25. The second-order valence-electron chi connectivity index (χ2n) is 5.52. The Labute approximate surface area is 116 Å². The van der Waals surface area contributed by atoms with E-state index in [9.17, 15) is 13.2 Å². The van der Waals surface area contributed by atoms with Crippen molar-refractivity contribution in [1.29, 1.82) is 0 Å². The highest BCUT2D eigenvalue weighted by Crippen LogP contribution is 2.36. The zero-order chi connectivity index (χ0) is 14.9. The summed E-state index contributed by atoms with van der Waals surface area (Å²) in [4.78, 5) is 3.96. The molecule has 0 bridgehead atoms. The number of alkyl halides is 3. The fourth-order valence-electron chi connectivity index (χ4n) is 3.01. The van der Waals surface area contributed by atoms with E-state index in [0.29, 0.717) is 11.8 Å². The summed E-state index contributed by atoms with van der Waals surface area (Å²) < 4.78 is 38.2. The number of pyridine rings is 1. The molecule has 3 N–H and O–H groups in total. The summed E-state index contributed by atoms with van der Waals surface area (Å²) in [5, 5.41) is 3.12. The predicted molar refractivity (Wildman–Crippen MR) is 73.2 cm³/mol. The third-order valence-corrected chi connectivity index (χ3v) is 4.26. The normalized spacial score (nSPS) is 26.8. The zero-order valence-corrected chi connectivity index (χ0v) is 11.7. The van der Waals surface area contributed by atoms with Gasteiger partial charge in [-0.1, -0.05) is 20.3 Å². The van der Waals surface area contributed by atoms with Crippen LogP contribution in [0.4, 0.5) is 24.8 Å². The minimum absolute atomic E-state index is 0.111. The quantitative estimate of drug-likeness (QED) is 0.886. The molecular formula is C14H20F3N3. The Hall–Kier alpha value is -1.46. The monoisotopic (exact) mass is 287 g/mol. The van der Waals surface area contributed by atoms with Crippen molar-refractivity contribution in [3.63, 3.8) is 0 Å². The molecule has 3 nitrogen and oxygen atoms in total. The Morgan fingerprint density at radius 1 is 1.35 bits per heavy atom. The highest BCUT2D eigenvalue weighted by atomic mass is 19.4. The first kappa shape index (κ1) is 14.9. The molecular weight excluding hydrogens is 267 g/mol. The number of aromatic nitrogens is 1. The van der Waals surface area contributed by atoms with E-state index in [1.807, 2.05) is 0 Å². The SMILES string of the molecule is CCC1CCC(Nc2cc(C(F)(F)F)cc(N)n2)C1C. The minimum atomic E-state index is -4.40. The van der Waals surface area contributed by atoms with Gasteiger partial charge in [0, 0.05) is 6.04 Å². The summed E-state index contributed by atoms with van der Waals surface area (Å²) >= 11 is 0. The molecule has 6 heteroatoms.